The zero-order valence-electron chi connectivity index (χ0n) is 10.5. The number of rotatable bonds is 2. The van der Waals surface area contributed by atoms with Crippen LogP contribution in [0.1, 0.15) is 30.9 Å². The predicted molar refractivity (Wildman–Crippen MR) is 68.3 cm³/mol. The fourth-order valence-electron chi connectivity index (χ4n) is 2.48. The van der Waals surface area contributed by atoms with Gasteiger partial charge in [0.25, 0.3) is 0 Å². The molecule has 17 heavy (non-hydrogen) atoms. The topological polar surface area (TPSA) is 18.5 Å². The van der Waals surface area contributed by atoms with Crippen LogP contribution in [0.5, 0.6) is 5.75 Å². The lowest BCUT2D eigenvalue weighted by Crippen LogP contribution is -2.27. The fraction of sp³-hybridized carbons (Fsp3) is 0.467. The number of hydrogen-bond donors (Lipinski definition) is 0. The van der Waals surface area contributed by atoms with Gasteiger partial charge in [0.15, 0.2) is 0 Å². The quantitative estimate of drug-likeness (QED) is 0.727. The molecule has 0 saturated heterocycles. The van der Waals surface area contributed by atoms with Crippen LogP contribution in [-0.4, -0.2) is 20.3 Å². The summed E-state index contributed by atoms with van der Waals surface area (Å²) in [5, 5.41) is 0. The normalized spacial score (nSPS) is 23.1. The third kappa shape index (κ3) is 2.30. The zero-order chi connectivity index (χ0) is 12.3. The van der Waals surface area contributed by atoms with Crippen molar-refractivity contribution in [2.24, 2.45) is 0 Å². The molecule has 1 unspecified atom stereocenters. The van der Waals surface area contributed by atoms with Crippen LogP contribution >= 0.6 is 0 Å². The van der Waals surface area contributed by atoms with Crippen molar-refractivity contribution in [2.45, 2.75) is 25.2 Å². The molecule has 1 atom stereocenters. The SMILES string of the molecule is C#Cc1ccc2c(c1)OCCCC2(C)COC. The van der Waals surface area contributed by atoms with Gasteiger partial charge in [0.05, 0.1) is 13.2 Å². The first-order valence-electron chi connectivity index (χ1n) is 5.92. The minimum atomic E-state index is 0.0215. The van der Waals surface area contributed by atoms with Gasteiger partial charge in [-0.2, -0.15) is 0 Å². The van der Waals surface area contributed by atoms with Crippen LogP contribution in [0.25, 0.3) is 0 Å². The Morgan fingerprint density at radius 3 is 3.06 bits per heavy atom. The molecule has 1 aromatic carbocycles. The van der Waals surface area contributed by atoms with Crippen molar-refractivity contribution < 1.29 is 9.47 Å². The van der Waals surface area contributed by atoms with Crippen molar-refractivity contribution in [3.8, 4) is 18.1 Å². The van der Waals surface area contributed by atoms with Gasteiger partial charge >= 0.3 is 0 Å². The highest BCUT2D eigenvalue weighted by molar-refractivity contribution is 5.47. The lowest BCUT2D eigenvalue weighted by atomic mass is 9.79. The van der Waals surface area contributed by atoms with Gasteiger partial charge in [-0.15, -0.1) is 6.42 Å². The smallest absolute Gasteiger partial charge is 0.124 e. The van der Waals surface area contributed by atoms with E-state index in [-0.39, 0.29) is 5.41 Å². The second-order valence-corrected chi connectivity index (χ2v) is 4.80. The van der Waals surface area contributed by atoms with E-state index in [0.29, 0.717) is 6.61 Å². The summed E-state index contributed by atoms with van der Waals surface area (Å²) >= 11 is 0. The first-order valence-corrected chi connectivity index (χ1v) is 5.92. The van der Waals surface area contributed by atoms with Crippen LogP contribution in [0.3, 0.4) is 0 Å². The van der Waals surface area contributed by atoms with Crippen LogP contribution in [0.4, 0.5) is 0 Å². The Hall–Kier alpha value is -1.46. The number of terminal acetylenes is 1. The maximum absolute atomic E-state index is 5.78. The molecule has 2 nitrogen and oxygen atoms in total. The highest BCUT2D eigenvalue weighted by Crippen LogP contribution is 2.38. The van der Waals surface area contributed by atoms with Crippen molar-refractivity contribution in [1.29, 1.82) is 0 Å². The van der Waals surface area contributed by atoms with E-state index in [2.05, 4.69) is 18.9 Å². The van der Waals surface area contributed by atoms with Crippen LogP contribution in [0.2, 0.25) is 0 Å². The highest BCUT2D eigenvalue weighted by atomic mass is 16.5. The molecule has 1 aliphatic rings. The van der Waals surface area contributed by atoms with E-state index in [1.54, 1.807) is 7.11 Å². The molecule has 1 heterocycles. The van der Waals surface area contributed by atoms with Crippen LogP contribution < -0.4 is 4.74 Å². The van der Waals surface area contributed by atoms with Crippen LogP contribution in [-0.2, 0) is 10.2 Å². The molecule has 0 N–H and O–H groups in total. The molecule has 0 bridgehead atoms. The largest absolute Gasteiger partial charge is 0.493 e. The molecule has 0 spiro atoms. The molecule has 0 saturated carbocycles. The van der Waals surface area contributed by atoms with E-state index in [9.17, 15) is 0 Å². The van der Waals surface area contributed by atoms with Gasteiger partial charge in [-0.1, -0.05) is 18.9 Å². The van der Waals surface area contributed by atoms with E-state index >= 15 is 0 Å². The summed E-state index contributed by atoms with van der Waals surface area (Å²) < 4.78 is 11.1. The standard InChI is InChI=1S/C15H18O2/c1-4-12-6-7-13-14(10-12)17-9-5-8-15(13,2)11-16-3/h1,6-7,10H,5,8-9,11H2,2-3H3. The zero-order valence-corrected chi connectivity index (χ0v) is 10.5. The van der Waals surface area contributed by atoms with Gasteiger partial charge in [0, 0.05) is 23.7 Å². The summed E-state index contributed by atoms with van der Waals surface area (Å²) in [6, 6.07) is 6.00. The van der Waals surface area contributed by atoms with E-state index in [1.807, 2.05) is 12.1 Å². The Balaban J connectivity index is 2.46. The average Bonchev–Trinajstić information content (AvgIpc) is 2.49. The molecule has 0 aromatic heterocycles. The maximum atomic E-state index is 5.78. The Morgan fingerprint density at radius 2 is 2.35 bits per heavy atom. The molecule has 0 aliphatic carbocycles. The molecule has 1 aromatic rings. The molecule has 0 fully saturated rings. The molecule has 90 valence electrons. The number of fused-ring (bicyclic) bond motifs is 1. The predicted octanol–water partition coefficient (Wildman–Crippen LogP) is 2.74. The fourth-order valence-corrected chi connectivity index (χ4v) is 2.48. The molecule has 1 aliphatic heterocycles. The second-order valence-electron chi connectivity index (χ2n) is 4.80. The highest BCUT2D eigenvalue weighted by Gasteiger charge is 2.31. The van der Waals surface area contributed by atoms with Crippen molar-refractivity contribution >= 4 is 0 Å². The van der Waals surface area contributed by atoms with Crippen molar-refractivity contribution in [3.63, 3.8) is 0 Å². The molecule has 2 heteroatoms. The Morgan fingerprint density at radius 1 is 1.53 bits per heavy atom. The van der Waals surface area contributed by atoms with Crippen molar-refractivity contribution in [3.05, 3.63) is 29.3 Å². The Labute approximate surface area is 103 Å². The van der Waals surface area contributed by atoms with Crippen molar-refractivity contribution in [2.75, 3.05) is 20.3 Å². The summed E-state index contributed by atoms with van der Waals surface area (Å²) in [6.07, 6.45) is 7.53. The summed E-state index contributed by atoms with van der Waals surface area (Å²) in [5.74, 6) is 3.56. The Kier molecular flexibility index (Phi) is 3.40. The molecular formula is C15H18O2. The maximum Gasteiger partial charge on any atom is 0.124 e. The van der Waals surface area contributed by atoms with Gasteiger partial charge < -0.3 is 9.47 Å². The van der Waals surface area contributed by atoms with Gasteiger partial charge in [-0.05, 0) is 25.0 Å². The van der Waals surface area contributed by atoms with Crippen LogP contribution in [0.15, 0.2) is 18.2 Å². The van der Waals surface area contributed by atoms with Gasteiger partial charge in [0.1, 0.15) is 5.75 Å². The third-order valence-corrected chi connectivity index (χ3v) is 3.39. The minimum Gasteiger partial charge on any atom is -0.493 e. The number of benzene rings is 1. The monoisotopic (exact) mass is 230 g/mol. The lowest BCUT2D eigenvalue weighted by Gasteiger charge is -2.28. The van der Waals surface area contributed by atoms with E-state index in [0.717, 1.165) is 30.8 Å². The van der Waals surface area contributed by atoms with Gasteiger partial charge in [0.2, 0.25) is 0 Å². The average molecular weight is 230 g/mol. The van der Waals surface area contributed by atoms with E-state index in [1.165, 1.54) is 5.56 Å². The minimum absolute atomic E-state index is 0.0215. The summed E-state index contributed by atoms with van der Waals surface area (Å²) in [4.78, 5) is 0. The second kappa shape index (κ2) is 4.81. The van der Waals surface area contributed by atoms with Gasteiger partial charge in [-0.3, -0.25) is 0 Å². The van der Waals surface area contributed by atoms with Crippen LogP contribution in [0, 0.1) is 12.3 Å². The van der Waals surface area contributed by atoms with Crippen molar-refractivity contribution in [1.82, 2.24) is 0 Å². The number of methoxy groups -OCH3 is 1. The Bertz CT molecular complexity index is 445. The molecule has 0 amide bonds. The summed E-state index contributed by atoms with van der Waals surface area (Å²) in [5.41, 5.74) is 2.09. The number of ether oxygens (including phenoxy) is 2. The van der Waals surface area contributed by atoms with Gasteiger partial charge in [-0.25, -0.2) is 0 Å². The molecular weight excluding hydrogens is 212 g/mol. The third-order valence-electron chi connectivity index (χ3n) is 3.39. The molecule has 0 radical (unpaired) electrons. The first-order chi connectivity index (χ1) is 8.19. The molecule has 2 rings (SSSR count). The first kappa shape index (κ1) is 12.0. The summed E-state index contributed by atoms with van der Waals surface area (Å²) in [7, 11) is 1.74. The number of hydrogen-bond acceptors (Lipinski definition) is 2. The van der Waals surface area contributed by atoms with E-state index < -0.39 is 0 Å². The van der Waals surface area contributed by atoms with E-state index in [4.69, 9.17) is 15.9 Å². The lowest BCUT2D eigenvalue weighted by molar-refractivity contribution is 0.133. The summed E-state index contributed by atoms with van der Waals surface area (Å²) in [6.45, 7) is 3.68.